The molecule has 23 heavy (non-hydrogen) atoms. The zero-order valence-corrected chi connectivity index (χ0v) is 14.1. The summed E-state index contributed by atoms with van der Waals surface area (Å²) in [5, 5.41) is 13.5. The van der Waals surface area contributed by atoms with E-state index in [4.69, 9.17) is 9.15 Å². The van der Waals surface area contributed by atoms with Gasteiger partial charge in [-0.3, -0.25) is 14.9 Å². The highest BCUT2D eigenvalue weighted by atomic mass is 79.9. The number of esters is 1. The van der Waals surface area contributed by atoms with E-state index in [2.05, 4.69) is 21.2 Å². The summed E-state index contributed by atoms with van der Waals surface area (Å²) in [6.07, 6.45) is 0.917. The Morgan fingerprint density at radius 1 is 1.30 bits per heavy atom. The summed E-state index contributed by atoms with van der Waals surface area (Å²) in [6, 6.07) is 8.83. The predicted molar refractivity (Wildman–Crippen MR) is 88.8 cm³/mol. The van der Waals surface area contributed by atoms with E-state index >= 15 is 0 Å². The van der Waals surface area contributed by atoms with Crippen LogP contribution in [0.25, 0.3) is 11.3 Å². The summed E-state index contributed by atoms with van der Waals surface area (Å²) in [7, 11) is 0. The summed E-state index contributed by atoms with van der Waals surface area (Å²) in [5.74, 6) is -1.41. The van der Waals surface area contributed by atoms with Crippen LogP contribution in [0.3, 0.4) is 0 Å². The van der Waals surface area contributed by atoms with Crippen LogP contribution in [0.2, 0.25) is 0 Å². The Kier molecular flexibility index (Phi) is 5.81. The number of nitrogens with one attached hydrogen (secondary N) is 1. The van der Waals surface area contributed by atoms with E-state index in [9.17, 15) is 14.7 Å². The Morgan fingerprint density at radius 2 is 2.00 bits per heavy atom. The molecule has 0 unspecified atom stereocenters. The maximum absolute atomic E-state index is 11.9. The molecule has 0 saturated carbocycles. The largest absolute Gasteiger partial charge is 0.502 e. The van der Waals surface area contributed by atoms with E-state index < -0.39 is 5.97 Å². The van der Waals surface area contributed by atoms with Crippen molar-refractivity contribution in [2.45, 2.75) is 19.8 Å². The molecule has 0 aliphatic rings. The van der Waals surface area contributed by atoms with Gasteiger partial charge >= 0.3 is 5.97 Å². The van der Waals surface area contributed by atoms with Gasteiger partial charge in [0.15, 0.2) is 5.76 Å². The number of ether oxygens (including phenoxy) is 1. The van der Waals surface area contributed by atoms with Crippen LogP contribution in [-0.4, -0.2) is 22.3 Å². The van der Waals surface area contributed by atoms with E-state index in [1.54, 1.807) is 24.3 Å². The molecule has 0 fully saturated rings. The first-order valence-corrected chi connectivity index (χ1v) is 8.10. The van der Waals surface area contributed by atoms with Gasteiger partial charge in [-0.25, -0.2) is 0 Å². The van der Waals surface area contributed by atoms with Crippen molar-refractivity contribution in [1.82, 2.24) is 0 Å². The van der Waals surface area contributed by atoms with Crippen molar-refractivity contribution in [3.05, 3.63) is 30.3 Å². The minimum Gasteiger partial charge on any atom is -0.502 e. The molecule has 1 aromatic carbocycles. The molecule has 0 atom stereocenters. The molecule has 2 N–H and O–H groups in total. The number of halogens is 1. The van der Waals surface area contributed by atoms with E-state index in [1.807, 2.05) is 6.07 Å². The summed E-state index contributed by atoms with van der Waals surface area (Å²) < 4.78 is 10.5. The maximum Gasteiger partial charge on any atom is 0.308 e. The first-order valence-electron chi connectivity index (χ1n) is 6.98. The number of benzene rings is 1. The van der Waals surface area contributed by atoms with E-state index in [0.717, 1.165) is 0 Å². The molecule has 2 aromatic rings. The second-order valence-corrected chi connectivity index (χ2v) is 5.53. The van der Waals surface area contributed by atoms with Crippen LogP contribution in [0.5, 0.6) is 11.5 Å². The van der Waals surface area contributed by atoms with Crippen LogP contribution in [0, 0.1) is 0 Å². The fourth-order valence-corrected chi connectivity index (χ4v) is 2.21. The summed E-state index contributed by atoms with van der Waals surface area (Å²) >= 11 is 3.24. The van der Waals surface area contributed by atoms with Gasteiger partial charge in [-0.1, -0.05) is 46.3 Å². The molecule has 1 heterocycles. The smallest absolute Gasteiger partial charge is 0.308 e. The van der Waals surface area contributed by atoms with Gasteiger partial charge in [-0.05, 0) is 6.42 Å². The Hall–Kier alpha value is -2.28. The lowest BCUT2D eigenvalue weighted by Crippen LogP contribution is -2.12. The van der Waals surface area contributed by atoms with Crippen LogP contribution in [0.1, 0.15) is 19.8 Å². The van der Waals surface area contributed by atoms with E-state index in [1.165, 1.54) is 6.92 Å². The maximum atomic E-state index is 11.9. The van der Waals surface area contributed by atoms with Crippen molar-refractivity contribution in [3.63, 3.8) is 0 Å². The highest BCUT2D eigenvalue weighted by Crippen LogP contribution is 2.46. The zero-order valence-electron chi connectivity index (χ0n) is 12.5. The highest BCUT2D eigenvalue weighted by Gasteiger charge is 2.25. The molecule has 7 heteroatoms. The number of carbonyl (C=O) groups is 2. The number of anilines is 1. The zero-order chi connectivity index (χ0) is 16.8. The van der Waals surface area contributed by atoms with Crippen LogP contribution < -0.4 is 10.1 Å². The molecule has 2 rings (SSSR count). The standard InChI is InChI=1S/C16H16BrNO5/c1-10(19)22-15-13(21)14(11-6-3-2-4-7-11)23-16(15)18-12(20)8-5-9-17/h2-4,6-7,21H,5,8-9H2,1H3,(H,18,20). The quantitative estimate of drug-likeness (QED) is 0.588. The first kappa shape index (κ1) is 17.1. The Balaban J connectivity index is 2.36. The van der Waals surface area contributed by atoms with Gasteiger partial charge in [0, 0.05) is 24.2 Å². The van der Waals surface area contributed by atoms with Crippen molar-refractivity contribution in [1.29, 1.82) is 0 Å². The number of furan rings is 1. The van der Waals surface area contributed by atoms with E-state index in [-0.39, 0.29) is 35.5 Å². The van der Waals surface area contributed by atoms with Gasteiger partial charge in [-0.2, -0.15) is 0 Å². The fourth-order valence-electron chi connectivity index (χ4n) is 1.93. The number of alkyl halides is 1. The second kappa shape index (κ2) is 7.82. The van der Waals surface area contributed by atoms with Crippen molar-refractivity contribution in [3.8, 4) is 22.8 Å². The van der Waals surface area contributed by atoms with Crippen LogP contribution in [-0.2, 0) is 9.59 Å². The van der Waals surface area contributed by atoms with Crippen LogP contribution >= 0.6 is 15.9 Å². The Morgan fingerprint density at radius 3 is 2.61 bits per heavy atom. The number of rotatable bonds is 6. The highest BCUT2D eigenvalue weighted by molar-refractivity contribution is 9.09. The van der Waals surface area contributed by atoms with Gasteiger partial charge in [0.1, 0.15) is 0 Å². The molecule has 1 aromatic heterocycles. The van der Waals surface area contributed by atoms with Gasteiger partial charge in [0.25, 0.3) is 0 Å². The van der Waals surface area contributed by atoms with Crippen molar-refractivity contribution >= 4 is 33.7 Å². The predicted octanol–water partition coefficient (Wildman–Crippen LogP) is 3.69. The topological polar surface area (TPSA) is 88.8 Å². The molecular weight excluding hydrogens is 366 g/mol. The number of carbonyl (C=O) groups excluding carboxylic acids is 2. The third kappa shape index (κ3) is 4.35. The Bertz CT molecular complexity index is 696. The monoisotopic (exact) mass is 381 g/mol. The lowest BCUT2D eigenvalue weighted by atomic mass is 10.1. The van der Waals surface area contributed by atoms with Crippen LogP contribution in [0.4, 0.5) is 5.88 Å². The number of aromatic hydroxyl groups is 1. The van der Waals surface area contributed by atoms with Crippen molar-refractivity contribution < 1.29 is 23.8 Å². The van der Waals surface area contributed by atoms with Crippen LogP contribution in [0.15, 0.2) is 34.7 Å². The molecule has 0 aliphatic carbocycles. The SMILES string of the molecule is CC(=O)Oc1c(NC(=O)CCCBr)oc(-c2ccccc2)c1O. The number of hydrogen-bond donors (Lipinski definition) is 2. The molecule has 122 valence electrons. The summed E-state index contributed by atoms with van der Waals surface area (Å²) in [6.45, 7) is 1.20. The Labute approximate surface area is 141 Å². The number of amides is 1. The van der Waals surface area contributed by atoms with Gasteiger partial charge in [0.2, 0.25) is 23.3 Å². The molecule has 6 nitrogen and oxygen atoms in total. The average molecular weight is 382 g/mol. The number of hydrogen-bond acceptors (Lipinski definition) is 5. The van der Waals surface area contributed by atoms with Gasteiger partial charge < -0.3 is 14.3 Å². The lowest BCUT2D eigenvalue weighted by molar-refractivity contribution is -0.132. The molecule has 0 radical (unpaired) electrons. The minimum atomic E-state index is -0.628. The molecule has 0 aliphatic heterocycles. The molecule has 0 saturated heterocycles. The fraction of sp³-hybridized carbons (Fsp3) is 0.250. The average Bonchev–Trinajstić information content (AvgIpc) is 2.82. The van der Waals surface area contributed by atoms with Crippen molar-refractivity contribution in [2.75, 3.05) is 10.6 Å². The molecule has 1 amide bonds. The van der Waals surface area contributed by atoms with E-state index in [0.29, 0.717) is 17.3 Å². The van der Waals surface area contributed by atoms with Gasteiger partial charge in [-0.15, -0.1) is 0 Å². The molecular formula is C16H16BrNO5. The normalized spacial score (nSPS) is 10.3. The first-order chi connectivity index (χ1) is 11.0. The third-order valence-electron chi connectivity index (χ3n) is 2.91. The lowest BCUT2D eigenvalue weighted by Gasteiger charge is -2.04. The minimum absolute atomic E-state index is 0.0869. The molecule has 0 spiro atoms. The molecule has 0 bridgehead atoms. The third-order valence-corrected chi connectivity index (χ3v) is 3.47. The van der Waals surface area contributed by atoms with Crippen molar-refractivity contribution in [2.24, 2.45) is 0 Å². The summed E-state index contributed by atoms with van der Waals surface area (Å²) in [5.41, 5.74) is 0.597. The summed E-state index contributed by atoms with van der Waals surface area (Å²) in [4.78, 5) is 23.1. The van der Waals surface area contributed by atoms with Gasteiger partial charge in [0.05, 0.1) is 0 Å². The second-order valence-electron chi connectivity index (χ2n) is 4.74.